The molecular weight excluding hydrogens is 681 g/mol. The van der Waals surface area contributed by atoms with Gasteiger partial charge < -0.3 is 22.8 Å². The van der Waals surface area contributed by atoms with Gasteiger partial charge in [0.25, 0.3) is 0 Å². The van der Waals surface area contributed by atoms with Gasteiger partial charge in [-0.3, -0.25) is 0 Å². The molecule has 0 aromatic carbocycles. The summed E-state index contributed by atoms with van der Waals surface area (Å²) in [7, 11) is 9.80. The van der Waals surface area contributed by atoms with E-state index in [2.05, 4.69) is 49.0 Å². The number of hydrogen-bond acceptors (Lipinski definition) is 6. The van der Waals surface area contributed by atoms with Crippen molar-refractivity contribution in [1.82, 2.24) is 52.7 Å². The van der Waals surface area contributed by atoms with Crippen molar-refractivity contribution in [3.05, 3.63) is 85.4 Å². The Morgan fingerprint density at radius 2 is 0.775 bits per heavy atom. The van der Waals surface area contributed by atoms with E-state index in [1.54, 1.807) is 31.0 Å². The number of aromatic nitrogens is 11. The molecule has 0 fully saturated rings. The first kappa shape index (κ1) is 32.1. The predicted molar refractivity (Wildman–Crippen MR) is 153 cm³/mol. The molecule has 212 valence electrons. The monoisotopic (exact) mass is 719 g/mol. The van der Waals surface area contributed by atoms with Crippen LogP contribution in [0.5, 0.6) is 0 Å². The van der Waals surface area contributed by atoms with Crippen molar-refractivity contribution in [2.75, 3.05) is 0 Å². The topological polar surface area (TPSA) is 102 Å². The Bertz CT molecular complexity index is 1440. The van der Waals surface area contributed by atoms with Crippen LogP contribution in [0.4, 0.5) is 0 Å². The second kappa shape index (κ2) is 14.3. The summed E-state index contributed by atoms with van der Waals surface area (Å²) < 4.78 is 9.76. The minimum absolute atomic E-state index is 0. The summed E-state index contributed by atoms with van der Waals surface area (Å²) in [5, 5.41) is 0. The van der Waals surface area contributed by atoms with E-state index in [-0.39, 0.29) is 27.2 Å². The van der Waals surface area contributed by atoms with E-state index in [9.17, 15) is 0 Å². The molecule has 6 aromatic rings. The quantitative estimate of drug-likeness (QED) is 0.270. The summed E-state index contributed by atoms with van der Waals surface area (Å²) in [4.78, 5) is 25.5. The first-order valence-electron chi connectivity index (χ1n) is 12.1. The van der Waals surface area contributed by atoms with Crippen LogP contribution in [0.1, 0.15) is 18.7 Å². The zero-order chi connectivity index (χ0) is 27.2. The van der Waals surface area contributed by atoms with Crippen molar-refractivity contribution in [1.29, 1.82) is 0 Å². The van der Waals surface area contributed by atoms with Crippen molar-refractivity contribution < 1.29 is 19.8 Å². The van der Waals surface area contributed by atoms with Gasteiger partial charge in [-0.2, -0.15) is 0 Å². The van der Waals surface area contributed by atoms with Crippen LogP contribution in [-0.2, 0) is 55.0 Å². The van der Waals surface area contributed by atoms with Gasteiger partial charge in [0, 0.05) is 123 Å². The Hall–Kier alpha value is -4.16. The first-order chi connectivity index (χ1) is 18.2. The Balaban J connectivity index is 0.000000206. The van der Waals surface area contributed by atoms with Crippen LogP contribution in [0.2, 0.25) is 0 Å². The summed E-state index contributed by atoms with van der Waals surface area (Å²) in [6.07, 6.45) is 18.4. The van der Waals surface area contributed by atoms with Crippen molar-refractivity contribution in [2.24, 2.45) is 35.2 Å². The molecule has 0 saturated heterocycles. The molecule has 6 heterocycles. The Labute approximate surface area is 248 Å². The fourth-order valence-electron chi connectivity index (χ4n) is 3.89. The number of nitrogens with zero attached hydrogens (tertiary/aromatic N) is 11. The smallest absolute Gasteiger partial charge is 0.176 e. The van der Waals surface area contributed by atoms with Crippen LogP contribution in [0.3, 0.4) is 0 Å². The molecule has 11 nitrogen and oxygen atoms in total. The summed E-state index contributed by atoms with van der Waals surface area (Å²) in [5.74, 6) is 4.48. The maximum atomic E-state index is 4.45. The van der Waals surface area contributed by atoms with Gasteiger partial charge in [0.1, 0.15) is 5.69 Å². The fourth-order valence-corrected chi connectivity index (χ4v) is 3.89. The second-order valence-corrected chi connectivity index (χ2v) is 8.98. The minimum atomic E-state index is 0. The molecular formula is C28H37N11Os. The number of pyridine rings is 1. The van der Waals surface area contributed by atoms with Gasteiger partial charge in [-0.15, -0.1) is 0 Å². The number of aryl methyl sites for hydroxylation is 7. The summed E-state index contributed by atoms with van der Waals surface area (Å²) in [6.45, 7) is 4.07. The molecule has 12 heteroatoms. The maximum Gasteiger partial charge on any atom is 0.176 e. The van der Waals surface area contributed by atoms with Crippen LogP contribution in [0.15, 0.2) is 74.1 Å². The summed E-state index contributed by atoms with van der Waals surface area (Å²) >= 11 is 0. The second-order valence-electron chi connectivity index (χ2n) is 8.98. The third-order valence-corrected chi connectivity index (χ3v) is 5.83. The summed E-state index contributed by atoms with van der Waals surface area (Å²) in [5.41, 5.74) is 3.19. The molecule has 40 heavy (non-hydrogen) atoms. The van der Waals surface area contributed by atoms with E-state index in [4.69, 9.17) is 0 Å². The molecule has 0 atom stereocenters. The predicted octanol–water partition coefficient (Wildman–Crippen LogP) is 4.37. The van der Waals surface area contributed by atoms with E-state index in [1.165, 1.54) is 5.56 Å². The molecule has 0 aliphatic rings. The molecule has 0 aliphatic carbocycles. The van der Waals surface area contributed by atoms with E-state index >= 15 is 0 Å². The standard InChI is InChI=1S/C11H13N3.2C8H10N4.CH4.Os/c1-8-6-9(2)13-10(7-8)11-12-4-5-14(11)3;2*1-11-5-3-9-7(11)8-10-4-6-12(8)2;;/h4-7H,1-3H3;2*3-6H,1-2H3;1H4;. The molecule has 0 aliphatic heterocycles. The van der Waals surface area contributed by atoms with Gasteiger partial charge in [-0.1, -0.05) is 7.43 Å². The third kappa shape index (κ3) is 7.48. The van der Waals surface area contributed by atoms with E-state index in [1.807, 2.05) is 96.0 Å². The molecule has 6 aromatic heterocycles. The van der Waals surface area contributed by atoms with Crippen LogP contribution in [0.25, 0.3) is 34.8 Å². The first-order valence-corrected chi connectivity index (χ1v) is 12.1. The van der Waals surface area contributed by atoms with Crippen LogP contribution < -0.4 is 0 Å². The Morgan fingerprint density at radius 3 is 1.02 bits per heavy atom. The van der Waals surface area contributed by atoms with E-state index in [0.717, 1.165) is 40.5 Å². The van der Waals surface area contributed by atoms with Crippen LogP contribution >= 0.6 is 0 Å². The molecule has 0 N–H and O–H groups in total. The Morgan fingerprint density at radius 1 is 0.475 bits per heavy atom. The molecule has 6 rings (SSSR count). The largest absolute Gasteiger partial charge is 0.333 e. The van der Waals surface area contributed by atoms with Gasteiger partial charge in [0.05, 0.1) is 0 Å². The average Bonchev–Trinajstić information content (AvgIpc) is 3.69. The van der Waals surface area contributed by atoms with Gasteiger partial charge in [-0.25, -0.2) is 29.9 Å². The SMILES string of the molecule is C.Cc1cc(C)nc(-c2nccn2C)c1.Cn1ccnc1-c1nccn1C.Cn1ccnc1-c1nccn1C.[Os]. The van der Waals surface area contributed by atoms with E-state index < -0.39 is 0 Å². The molecule has 0 unspecified atom stereocenters. The van der Waals surface area contributed by atoms with E-state index in [0.29, 0.717) is 0 Å². The van der Waals surface area contributed by atoms with Gasteiger partial charge in [-0.05, 0) is 31.5 Å². The minimum Gasteiger partial charge on any atom is -0.333 e. The van der Waals surface area contributed by atoms with Gasteiger partial charge >= 0.3 is 0 Å². The average molecular weight is 718 g/mol. The van der Waals surface area contributed by atoms with Crippen LogP contribution in [-0.4, -0.2) is 52.7 Å². The van der Waals surface area contributed by atoms with Crippen molar-refractivity contribution in [3.8, 4) is 34.8 Å². The maximum absolute atomic E-state index is 4.45. The van der Waals surface area contributed by atoms with Gasteiger partial charge in [0.2, 0.25) is 0 Å². The van der Waals surface area contributed by atoms with Crippen LogP contribution in [0, 0.1) is 13.8 Å². The van der Waals surface area contributed by atoms with Crippen molar-refractivity contribution in [2.45, 2.75) is 21.3 Å². The third-order valence-electron chi connectivity index (χ3n) is 5.83. The van der Waals surface area contributed by atoms with Gasteiger partial charge in [0.15, 0.2) is 29.1 Å². The zero-order valence-electron chi connectivity index (χ0n) is 23.2. The molecule has 0 radical (unpaired) electrons. The molecule has 0 spiro atoms. The van der Waals surface area contributed by atoms with Crippen molar-refractivity contribution >= 4 is 0 Å². The zero-order valence-corrected chi connectivity index (χ0v) is 25.7. The molecule has 0 bridgehead atoms. The molecule has 0 amide bonds. The normalized spacial score (nSPS) is 9.97. The molecule has 0 saturated carbocycles. The Kier molecular flexibility index (Phi) is 11.4. The summed E-state index contributed by atoms with van der Waals surface area (Å²) in [6, 6.07) is 4.11. The fraction of sp³-hybridized carbons (Fsp3) is 0.286. The number of imidazole rings is 5. The number of hydrogen-bond donors (Lipinski definition) is 0. The van der Waals surface area contributed by atoms with Crippen molar-refractivity contribution in [3.63, 3.8) is 0 Å². The number of rotatable bonds is 3.